The van der Waals surface area contributed by atoms with Gasteiger partial charge in [-0.05, 0) is 12.8 Å². The fraction of sp³-hybridized carbons (Fsp3) is 0.545. The molecule has 0 spiro atoms. The highest BCUT2D eigenvalue weighted by molar-refractivity contribution is 7.13. The molecular weight excluding hydrogens is 252 g/mol. The zero-order valence-corrected chi connectivity index (χ0v) is 11.0. The summed E-state index contributed by atoms with van der Waals surface area (Å²) in [5, 5.41) is 7.97. The van der Waals surface area contributed by atoms with Crippen LogP contribution in [0, 0.1) is 0 Å². The lowest BCUT2D eigenvalue weighted by molar-refractivity contribution is -0.129. The Balaban J connectivity index is 1.74. The first-order valence-electron chi connectivity index (χ1n) is 5.87. The van der Waals surface area contributed by atoms with Crippen molar-refractivity contribution in [3.8, 4) is 0 Å². The lowest BCUT2D eigenvalue weighted by Crippen LogP contribution is -2.47. The van der Waals surface area contributed by atoms with Gasteiger partial charge in [-0.15, -0.1) is 11.3 Å². The minimum atomic E-state index is -0.230. The van der Waals surface area contributed by atoms with Gasteiger partial charge < -0.3 is 10.2 Å². The van der Waals surface area contributed by atoms with Gasteiger partial charge >= 0.3 is 6.03 Å². The fourth-order valence-electron chi connectivity index (χ4n) is 1.94. The van der Waals surface area contributed by atoms with Crippen LogP contribution in [0.1, 0.15) is 19.8 Å². The lowest BCUT2D eigenvalue weighted by Gasteiger charge is -2.31. The Bertz CT molecular complexity index is 413. The van der Waals surface area contributed by atoms with Gasteiger partial charge in [0.15, 0.2) is 5.13 Å². The van der Waals surface area contributed by atoms with Crippen LogP contribution in [0.15, 0.2) is 11.6 Å². The van der Waals surface area contributed by atoms with Crippen molar-refractivity contribution < 1.29 is 9.59 Å². The number of amides is 3. The van der Waals surface area contributed by atoms with E-state index in [0.29, 0.717) is 18.2 Å². The standard InChI is InChI=1S/C11H16N4O2S/c1-8(16)15-5-2-9(3-6-15)13-10(17)14-11-12-4-7-18-11/h4,7,9H,2-3,5-6H2,1H3,(H2,12,13,14,17). The molecule has 7 heteroatoms. The lowest BCUT2D eigenvalue weighted by atomic mass is 10.1. The fourth-order valence-corrected chi connectivity index (χ4v) is 2.47. The topological polar surface area (TPSA) is 74.3 Å². The Kier molecular flexibility index (Phi) is 4.14. The van der Waals surface area contributed by atoms with Crippen molar-refractivity contribution in [3.05, 3.63) is 11.6 Å². The second kappa shape index (κ2) is 5.81. The summed E-state index contributed by atoms with van der Waals surface area (Å²) in [7, 11) is 0. The number of carbonyl (C=O) groups excluding carboxylic acids is 2. The summed E-state index contributed by atoms with van der Waals surface area (Å²) in [5.74, 6) is 0.0979. The molecule has 0 unspecified atom stereocenters. The Morgan fingerprint density at radius 2 is 2.17 bits per heavy atom. The molecule has 0 aromatic carbocycles. The largest absolute Gasteiger partial charge is 0.343 e. The van der Waals surface area contributed by atoms with Gasteiger partial charge in [0.05, 0.1) is 0 Å². The molecule has 1 aromatic heterocycles. The van der Waals surface area contributed by atoms with Crippen LogP contribution in [0.25, 0.3) is 0 Å². The third kappa shape index (κ3) is 3.43. The van der Waals surface area contributed by atoms with Gasteiger partial charge in [0.2, 0.25) is 5.91 Å². The number of urea groups is 1. The number of thiazole rings is 1. The van der Waals surface area contributed by atoms with Crippen LogP contribution in [-0.2, 0) is 4.79 Å². The van der Waals surface area contributed by atoms with Crippen LogP contribution >= 0.6 is 11.3 Å². The Labute approximate surface area is 109 Å². The van der Waals surface area contributed by atoms with E-state index in [0.717, 1.165) is 12.8 Å². The molecule has 1 fully saturated rings. The van der Waals surface area contributed by atoms with Gasteiger partial charge in [0.1, 0.15) is 0 Å². The van der Waals surface area contributed by atoms with E-state index in [2.05, 4.69) is 15.6 Å². The highest BCUT2D eigenvalue weighted by atomic mass is 32.1. The number of hydrogen-bond donors (Lipinski definition) is 2. The van der Waals surface area contributed by atoms with E-state index in [-0.39, 0.29) is 18.0 Å². The number of anilines is 1. The molecule has 0 saturated carbocycles. The van der Waals surface area contributed by atoms with Crippen LogP contribution < -0.4 is 10.6 Å². The van der Waals surface area contributed by atoms with Crippen LogP contribution in [-0.4, -0.2) is 41.0 Å². The summed E-state index contributed by atoms with van der Waals surface area (Å²) in [6.07, 6.45) is 3.24. The molecule has 0 atom stereocenters. The minimum Gasteiger partial charge on any atom is -0.343 e. The smallest absolute Gasteiger partial charge is 0.321 e. The van der Waals surface area contributed by atoms with E-state index in [9.17, 15) is 9.59 Å². The minimum absolute atomic E-state index is 0.0979. The van der Waals surface area contributed by atoms with E-state index in [1.165, 1.54) is 11.3 Å². The van der Waals surface area contributed by atoms with Crippen molar-refractivity contribution in [1.29, 1.82) is 0 Å². The molecule has 2 rings (SSSR count). The molecule has 3 amide bonds. The number of aromatic nitrogens is 1. The van der Waals surface area contributed by atoms with Crippen molar-refractivity contribution in [3.63, 3.8) is 0 Å². The predicted molar refractivity (Wildman–Crippen MR) is 69.5 cm³/mol. The molecule has 2 heterocycles. The number of likely N-dealkylation sites (tertiary alicyclic amines) is 1. The molecule has 1 aliphatic rings. The van der Waals surface area contributed by atoms with Gasteiger partial charge in [-0.1, -0.05) is 0 Å². The molecule has 0 bridgehead atoms. The number of carbonyl (C=O) groups is 2. The maximum atomic E-state index is 11.7. The van der Waals surface area contributed by atoms with E-state index >= 15 is 0 Å². The summed E-state index contributed by atoms with van der Waals surface area (Å²) in [4.78, 5) is 28.6. The van der Waals surface area contributed by atoms with Crippen LogP contribution in [0.5, 0.6) is 0 Å². The third-order valence-corrected chi connectivity index (χ3v) is 3.62. The van der Waals surface area contributed by atoms with Crippen molar-refractivity contribution in [2.75, 3.05) is 18.4 Å². The number of piperidine rings is 1. The number of hydrogen-bond acceptors (Lipinski definition) is 4. The number of nitrogens with one attached hydrogen (secondary N) is 2. The summed E-state index contributed by atoms with van der Waals surface area (Å²) in [6, 6.07) is -0.105. The predicted octanol–water partition coefficient (Wildman–Crippen LogP) is 1.28. The van der Waals surface area contributed by atoms with Gasteiger partial charge in [-0.2, -0.15) is 0 Å². The molecule has 98 valence electrons. The Hall–Kier alpha value is -1.63. The number of nitrogens with zero attached hydrogens (tertiary/aromatic N) is 2. The first-order valence-corrected chi connectivity index (χ1v) is 6.75. The quantitative estimate of drug-likeness (QED) is 0.848. The van der Waals surface area contributed by atoms with Gasteiger partial charge in [0, 0.05) is 37.6 Å². The Morgan fingerprint density at radius 1 is 1.44 bits per heavy atom. The highest BCUT2D eigenvalue weighted by Crippen LogP contribution is 2.12. The summed E-state index contributed by atoms with van der Waals surface area (Å²) < 4.78 is 0. The maximum absolute atomic E-state index is 11.7. The van der Waals surface area contributed by atoms with E-state index < -0.39 is 0 Å². The third-order valence-electron chi connectivity index (χ3n) is 2.93. The first kappa shape index (κ1) is 12.8. The van der Waals surface area contributed by atoms with E-state index in [1.807, 2.05) is 0 Å². The average Bonchev–Trinajstić information content (AvgIpc) is 2.82. The van der Waals surface area contributed by atoms with Crippen molar-refractivity contribution >= 4 is 28.4 Å². The molecule has 0 aliphatic carbocycles. The second-order valence-electron chi connectivity index (χ2n) is 4.22. The molecule has 2 N–H and O–H groups in total. The number of rotatable bonds is 2. The van der Waals surface area contributed by atoms with Crippen molar-refractivity contribution in [2.24, 2.45) is 0 Å². The monoisotopic (exact) mass is 268 g/mol. The molecule has 1 saturated heterocycles. The highest BCUT2D eigenvalue weighted by Gasteiger charge is 2.21. The normalized spacial score (nSPS) is 16.4. The van der Waals surface area contributed by atoms with Crippen molar-refractivity contribution in [1.82, 2.24) is 15.2 Å². The summed E-state index contributed by atoms with van der Waals surface area (Å²) >= 11 is 1.38. The molecule has 0 radical (unpaired) electrons. The SMILES string of the molecule is CC(=O)N1CCC(NC(=O)Nc2nccs2)CC1. The van der Waals surface area contributed by atoms with E-state index in [1.54, 1.807) is 23.4 Å². The molecule has 6 nitrogen and oxygen atoms in total. The van der Waals surface area contributed by atoms with Crippen LogP contribution in [0.3, 0.4) is 0 Å². The van der Waals surface area contributed by atoms with Crippen LogP contribution in [0.2, 0.25) is 0 Å². The zero-order valence-electron chi connectivity index (χ0n) is 10.2. The van der Waals surface area contributed by atoms with Gasteiger partial charge in [-0.25, -0.2) is 9.78 Å². The van der Waals surface area contributed by atoms with Crippen LogP contribution in [0.4, 0.5) is 9.93 Å². The second-order valence-corrected chi connectivity index (χ2v) is 5.11. The average molecular weight is 268 g/mol. The molecule has 1 aromatic rings. The summed E-state index contributed by atoms with van der Waals surface area (Å²) in [5.41, 5.74) is 0. The zero-order chi connectivity index (χ0) is 13.0. The maximum Gasteiger partial charge on any atom is 0.321 e. The van der Waals surface area contributed by atoms with Crippen molar-refractivity contribution in [2.45, 2.75) is 25.8 Å². The van der Waals surface area contributed by atoms with E-state index in [4.69, 9.17) is 0 Å². The summed E-state index contributed by atoms with van der Waals surface area (Å²) in [6.45, 7) is 2.98. The Morgan fingerprint density at radius 3 is 2.72 bits per heavy atom. The molecule has 1 aliphatic heterocycles. The van der Waals surface area contributed by atoms with Gasteiger partial charge in [-0.3, -0.25) is 10.1 Å². The molecular formula is C11H16N4O2S. The molecule has 18 heavy (non-hydrogen) atoms. The van der Waals surface area contributed by atoms with Gasteiger partial charge in [0.25, 0.3) is 0 Å². The first-order chi connectivity index (χ1) is 8.65.